The Kier molecular flexibility index (Phi) is 10.0. The van der Waals surface area contributed by atoms with Crippen LogP contribution in [-0.2, 0) is 17.8 Å². The Morgan fingerprint density at radius 3 is 2.61 bits per heavy atom. The molecule has 1 heterocycles. The van der Waals surface area contributed by atoms with Crippen LogP contribution in [0.3, 0.4) is 0 Å². The molecule has 0 fully saturated rings. The van der Waals surface area contributed by atoms with Crippen molar-refractivity contribution in [3.05, 3.63) is 76.9 Å². The van der Waals surface area contributed by atoms with Gasteiger partial charge in [0.05, 0.1) is 17.1 Å². The minimum atomic E-state index is -0.995. The Morgan fingerprint density at radius 2 is 1.97 bits per heavy atom. The Labute approximate surface area is 215 Å². The minimum absolute atomic E-state index is 0.00610. The first-order chi connectivity index (χ1) is 17.3. The Hall–Kier alpha value is -3.23. The van der Waals surface area contributed by atoms with Crippen LogP contribution in [0.5, 0.6) is 0 Å². The van der Waals surface area contributed by atoms with Gasteiger partial charge in [0.25, 0.3) is 0 Å². The Morgan fingerprint density at radius 1 is 1.22 bits per heavy atom. The van der Waals surface area contributed by atoms with E-state index < -0.39 is 11.9 Å². The minimum Gasteiger partial charge on any atom is -0.478 e. The molecule has 9 heteroatoms. The third-order valence-corrected chi connectivity index (χ3v) is 6.51. The van der Waals surface area contributed by atoms with E-state index >= 15 is 0 Å². The third-order valence-electron chi connectivity index (χ3n) is 6.20. The molecule has 1 amide bonds. The SMILES string of the molecule is CCCCc1ncc(C(=O)C[C@@H](CC(=O)NO)CC2=CC(Cl)CC=C2)n1Cc1ccc(C(=O)O)cc1. The number of Topliss-reactive ketones (excluding diaryl/α,β-unsaturated/α-hetero) is 1. The Bertz CT molecular complexity index is 1140. The third kappa shape index (κ3) is 7.63. The number of imidazole rings is 1. The number of unbranched alkanes of at least 4 members (excludes halogenated alkanes) is 1. The summed E-state index contributed by atoms with van der Waals surface area (Å²) in [7, 11) is 0. The molecule has 1 aliphatic carbocycles. The molecule has 0 saturated heterocycles. The smallest absolute Gasteiger partial charge is 0.335 e. The highest BCUT2D eigenvalue weighted by atomic mass is 35.5. The standard InChI is InChI=1S/C27H32ClN3O5/c1-2-3-7-25-29-16-23(31(25)17-18-8-10-21(11-9-18)27(34)35)24(32)14-20(15-26(33)30-36)12-19-5-4-6-22(28)13-19/h4-5,8-11,13,16,20,22,36H,2-3,6-7,12,14-15,17H2,1H3,(H,30,33)(H,34,35)/t20-,22?/m0/s1. The van der Waals surface area contributed by atoms with Crippen LogP contribution in [0.2, 0.25) is 0 Å². The van der Waals surface area contributed by atoms with Crippen molar-refractivity contribution in [2.45, 2.75) is 63.8 Å². The molecule has 2 atom stereocenters. The molecule has 0 bridgehead atoms. The first-order valence-electron chi connectivity index (χ1n) is 12.1. The van der Waals surface area contributed by atoms with Gasteiger partial charge in [-0.1, -0.05) is 49.3 Å². The predicted molar refractivity (Wildman–Crippen MR) is 136 cm³/mol. The van der Waals surface area contributed by atoms with Crippen molar-refractivity contribution in [3.8, 4) is 0 Å². The summed E-state index contributed by atoms with van der Waals surface area (Å²) in [5.74, 6) is -1.24. The number of carbonyl (C=O) groups excluding carboxylic acids is 2. The maximum absolute atomic E-state index is 13.5. The molecule has 1 aliphatic rings. The fourth-order valence-corrected chi connectivity index (χ4v) is 4.61. The van der Waals surface area contributed by atoms with Crippen molar-refractivity contribution >= 4 is 29.3 Å². The zero-order chi connectivity index (χ0) is 26.1. The summed E-state index contributed by atoms with van der Waals surface area (Å²) in [5.41, 5.74) is 4.12. The van der Waals surface area contributed by atoms with E-state index in [9.17, 15) is 14.4 Å². The van der Waals surface area contributed by atoms with Crippen molar-refractivity contribution in [1.82, 2.24) is 15.0 Å². The van der Waals surface area contributed by atoms with Crippen molar-refractivity contribution < 1.29 is 24.7 Å². The first kappa shape index (κ1) is 27.4. The second-order valence-electron chi connectivity index (χ2n) is 9.08. The monoisotopic (exact) mass is 513 g/mol. The molecule has 0 radical (unpaired) electrons. The van der Waals surface area contributed by atoms with Gasteiger partial charge in [-0.15, -0.1) is 11.6 Å². The molecule has 3 N–H and O–H groups in total. The number of hydrogen-bond acceptors (Lipinski definition) is 5. The summed E-state index contributed by atoms with van der Waals surface area (Å²) < 4.78 is 1.88. The number of benzene rings is 1. The number of aromatic carboxylic acids is 1. The number of rotatable bonds is 13. The number of amides is 1. The molecule has 0 spiro atoms. The number of nitrogens with one attached hydrogen (secondary N) is 1. The van der Waals surface area contributed by atoms with Gasteiger partial charge in [0.15, 0.2) is 5.78 Å². The van der Waals surface area contributed by atoms with E-state index in [1.807, 2.05) is 22.8 Å². The zero-order valence-corrected chi connectivity index (χ0v) is 21.1. The molecule has 0 saturated carbocycles. The zero-order valence-electron chi connectivity index (χ0n) is 20.3. The van der Waals surface area contributed by atoms with Crippen LogP contribution in [-0.4, -0.2) is 42.9 Å². The highest BCUT2D eigenvalue weighted by Gasteiger charge is 2.24. The predicted octanol–water partition coefficient (Wildman–Crippen LogP) is 4.94. The van der Waals surface area contributed by atoms with Crippen LogP contribution in [0.1, 0.15) is 77.7 Å². The summed E-state index contributed by atoms with van der Waals surface area (Å²) >= 11 is 6.24. The van der Waals surface area contributed by atoms with Gasteiger partial charge in [0.2, 0.25) is 5.91 Å². The number of halogens is 1. The number of carboxylic acids is 1. The molecular formula is C27H32ClN3O5. The van der Waals surface area contributed by atoms with Crippen LogP contribution in [0, 0.1) is 5.92 Å². The first-order valence-corrected chi connectivity index (χ1v) is 12.6. The van der Waals surface area contributed by atoms with E-state index in [2.05, 4.69) is 11.9 Å². The lowest BCUT2D eigenvalue weighted by Gasteiger charge is -2.19. The number of hydroxylamine groups is 1. The second kappa shape index (κ2) is 13.2. The number of carboxylic acid groups (broad SMARTS) is 1. The number of carbonyl (C=O) groups is 3. The summed E-state index contributed by atoms with van der Waals surface area (Å²) in [6.07, 6.45) is 11.4. The lowest BCUT2D eigenvalue weighted by molar-refractivity contribution is -0.130. The molecule has 192 valence electrons. The van der Waals surface area contributed by atoms with Crippen LogP contribution >= 0.6 is 11.6 Å². The number of nitrogens with zero attached hydrogens (tertiary/aromatic N) is 2. The van der Waals surface area contributed by atoms with Crippen LogP contribution in [0.15, 0.2) is 54.3 Å². The largest absolute Gasteiger partial charge is 0.478 e. The highest BCUT2D eigenvalue weighted by Crippen LogP contribution is 2.27. The number of aryl methyl sites for hydroxylation is 1. The van der Waals surface area contributed by atoms with Gasteiger partial charge in [-0.3, -0.25) is 14.8 Å². The summed E-state index contributed by atoms with van der Waals surface area (Å²) in [5, 5.41) is 18.1. The average molecular weight is 514 g/mol. The fourth-order valence-electron chi connectivity index (χ4n) is 4.35. The van der Waals surface area contributed by atoms with Crippen LogP contribution < -0.4 is 5.48 Å². The molecule has 1 unspecified atom stereocenters. The number of ketones is 1. The molecule has 1 aromatic heterocycles. The van der Waals surface area contributed by atoms with Gasteiger partial charge in [-0.2, -0.15) is 0 Å². The fraction of sp³-hybridized carbons (Fsp3) is 0.407. The molecule has 3 rings (SSSR count). The topological polar surface area (TPSA) is 122 Å². The molecule has 36 heavy (non-hydrogen) atoms. The lowest BCUT2D eigenvalue weighted by Crippen LogP contribution is -2.24. The average Bonchev–Trinajstić information content (AvgIpc) is 3.25. The number of alkyl halides is 1. The number of allylic oxidation sites excluding steroid dienone is 4. The van der Waals surface area contributed by atoms with Crippen molar-refractivity contribution in [2.24, 2.45) is 5.92 Å². The van der Waals surface area contributed by atoms with Crippen LogP contribution in [0.4, 0.5) is 0 Å². The normalized spacial score (nSPS) is 15.9. The molecule has 8 nitrogen and oxygen atoms in total. The number of aromatic nitrogens is 2. The van der Waals surface area contributed by atoms with Crippen molar-refractivity contribution in [1.29, 1.82) is 0 Å². The highest BCUT2D eigenvalue weighted by molar-refractivity contribution is 6.22. The lowest BCUT2D eigenvalue weighted by atomic mass is 9.88. The van der Waals surface area contributed by atoms with E-state index in [0.29, 0.717) is 25.1 Å². The maximum Gasteiger partial charge on any atom is 0.335 e. The molecule has 0 aliphatic heterocycles. The number of hydrogen-bond donors (Lipinski definition) is 3. The van der Waals surface area contributed by atoms with Gasteiger partial charge in [-0.25, -0.2) is 15.3 Å². The van der Waals surface area contributed by atoms with Gasteiger partial charge in [0, 0.05) is 25.8 Å². The Balaban J connectivity index is 1.84. The van der Waals surface area contributed by atoms with Gasteiger partial charge >= 0.3 is 5.97 Å². The second-order valence-corrected chi connectivity index (χ2v) is 9.64. The maximum atomic E-state index is 13.5. The van der Waals surface area contributed by atoms with Gasteiger partial charge in [0.1, 0.15) is 11.5 Å². The van der Waals surface area contributed by atoms with Gasteiger partial charge < -0.3 is 9.67 Å². The molecule has 1 aromatic carbocycles. The van der Waals surface area contributed by atoms with E-state index in [1.165, 1.54) is 0 Å². The molecule has 2 aromatic rings. The summed E-state index contributed by atoms with van der Waals surface area (Å²) in [6, 6.07) is 6.56. The van der Waals surface area contributed by atoms with Crippen molar-refractivity contribution in [2.75, 3.05) is 0 Å². The van der Waals surface area contributed by atoms with Gasteiger partial charge in [-0.05, 0) is 42.9 Å². The van der Waals surface area contributed by atoms with Crippen LogP contribution in [0.25, 0.3) is 0 Å². The van der Waals surface area contributed by atoms with E-state index in [1.54, 1.807) is 35.9 Å². The summed E-state index contributed by atoms with van der Waals surface area (Å²) in [4.78, 5) is 41.1. The quantitative estimate of drug-likeness (QED) is 0.151. The summed E-state index contributed by atoms with van der Waals surface area (Å²) in [6.45, 7) is 2.46. The van der Waals surface area contributed by atoms with E-state index in [0.717, 1.165) is 36.2 Å². The van der Waals surface area contributed by atoms with E-state index in [-0.39, 0.29) is 35.5 Å². The molecular weight excluding hydrogens is 482 g/mol. The van der Waals surface area contributed by atoms with Crippen molar-refractivity contribution in [3.63, 3.8) is 0 Å². The van der Waals surface area contributed by atoms with E-state index in [4.69, 9.17) is 21.9 Å².